The van der Waals surface area contributed by atoms with E-state index in [-0.39, 0.29) is 0 Å². The predicted molar refractivity (Wildman–Crippen MR) is 73.6 cm³/mol. The molecule has 3 nitrogen and oxygen atoms in total. The number of aryl methyl sites for hydroxylation is 2. The molecule has 0 amide bonds. The van der Waals surface area contributed by atoms with Crippen molar-refractivity contribution >= 4 is 0 Å². The van der Waals surface area contributed by atoms with Crippen LogP contribution < -0.4 is 0 Å². The maximum absolute atomic E-state index is 4.23. The molecule has 0 radical (unpaired) electrons. The van der Waals surface area contributed by atoms with Crippen LogP contribution in [-0.4, -0.2) is 15.0 Å². The maximum atomic E-state index is 4.23. The van der Waals surface area contributed by atoms with E-state index >= 15 is 0 Å². The van der Waals surface area contributed by atoms with Crippen molar-refractivity contribution in [3.8, 4) is 0 Å². The average Bonchev–Trinajstić information content (AvgIpc) is 2.85. The smallest absolute Gasteiger partial charge is 0.0833 e. The summed E-state index contributed by atoms with van der Waals surface area (Å²) in [6, 6.07) is 8.82. The molecule has 18 heavy (non-hydrogen) atoms. The van der Waals surface area contributed by atoms with Gasteiger partial charge in [-0.05, 0) is 38.2 Å². The van der Waals surface area contributed by atoms with Gasteiger partial charge >= 0.3 is 0 Å². The molecule has 0 fully saturated rings. The molecule has 2 rings (SSSR count). The van der Waals surface area contributed by atoms with Crippen molar-refractivity contribution in [2.45, 2.75) is 46.1 Å². The summed E-state index contributed by atoms with van der Waals surface area (Å²) in [4.78, 5) is 0. The van der Waals surface area contributed by atoms with Gasteiger partial charge in [0.2, 0.25) is 0 Å². The van der Waals surface area contributed by atoms with E-state index in [1.54, 1.807) is 0 Å². The molecule has 1 heterocycles. The molecule has 2 aromatic rings. The minimum atomic E-state index is 0.535. The second kappa shape index (κ2) is 5.80. The van der Waals surface area contributed by atoms with Crippen LogP contribution in [0.15, 0.2) is 30.5 Å². The normalized spacial score (nSPS) is 12.6. The lowest BCUT2D eigenvalue weighted by Crippen LogP contribution is -2.02. The van der Waals surface area contributed by atoms with Crippen LogP contribution >= 0.6 is 0 Å². The summed E-state index contributed by atoms with van der Waals surface area (Å²) in [6.45, 7) is 7.32. The van der Waals surface area contributed by atoms with Gasteiger partial charge in [0.15, 0.2) is 0 Å². The Bertz CT molecular complexity index is 485. The predicted octanol–water partition coefficient (Wildman–Crippen LogP) is 3.34. The van der Waals surface area contributed by atoms with E-state index in [0.29, 0.717) is 5.92 Å². The molecular weight excluding hydrogens is 222 g/mol. The lowest BCUT2D eigenvalue weighted by Gasteiger charge is -2.13. The minimum Gasteiger partial charge on any atom is -0.253 e. The Hall–Kier alpha value is -1.64. The van der Waals surface area contributed by atoms with Gasteiger partial charge in [-0.2, -0.15) is 0 Å². The van der Waals surface area contributed by atoms with E-state index in [1.807, 2.05) is 4.68 Å². The zero-order valence-electron chi connectivity index (χ0n) is 11.4. The molecule has 0 saturated carbocycles. The summed E-state index contributed by atoms with van der Waals surface area (Å²) in [6.07, 6.45) is 4.15. The Labute approximate surface area is 109 Å². The van der Waals surface area contributed by atoms with E-state index in [1.165, 1.54) is 11.1 Å². The van der Waals surface area contributed by atoms with Gasteiger partial charge < -0.3 is 0 Å². The Balaban J connectivity index is 2.11. The highest BCUT2D eigenvalue weighted by Crippen LogP contribution is 2.23. The van der Waals surface area contributed by atoms with Crippen LogP contribution in [0.2, 0.25) is 0 Å². The highest BCUT2D eigenvalue weighted by Gasteiger charge is 2.12. The number of aromatic nitrogens is 3. The molecule has 96 valence electrons. The molecule has 0 saturated heterocycles. The summed E-state index contributed by atoms with van der Waals surface area (Å²) in [7, 11) is 0. The second-order valence-electron chi connectivity index (χ2n) is 4.79. The summed E-state index contributed by atoms with van der Waals surface area (Å²) in [5.41, 5.74) is 3.80. The van der Waals surface area contributed by atoms with Crippen LogP contribution in [0.5, 0.6) is 0 Å². The fourth-order valence-corrected chi connectivity index (χ4v) is 2.18. The van der Waals surface area contributed by atoms with E-state index in [9.17, 15) is 0 Å². The van der Waals surface area contributed by atoms with Crippen molar-refractivity contribution in [3.05, 3.63) is 47.3 Å². The van der Waals surface area contributed by atoms with E-state index in [4.69, 9.17) is 0 Å². The largest absolute Gasteiger partial charge is 0.253 e. The standard InChI is InChI=1S/C15H21N3/c1-4-13(14-8-6-12(3)7-9-14)10-15-11-18(5-2)17-16-15/h6-9,11,13H,4-5,10H2,1-3H3. The molecule has 0 N–H and O–H groups in total. The van der Waals surface area contributed by atoms with Gasteiger partial charge in [0, 0.05) is 12.7 Å². The van der Waals surface area contributed by atoms with Crippen LogP contribution in [0, 0.1) is 6.92 Å². The fraction of sp³-hybridized carbons (Fsp3) is 0.467. The number of rotatable bonds is 5. The second-order valence-corrected chi connectivity index (χ2v) is 4.79. The van der Waals surface area contributed by atoms with Crippen molar-refractivity contribution < 1.29 is 0 Å². The first kappa shape index (κ1) is 12.8. The highest BCUT2D eigenvalue weighted by molar-refractivity contribution is 5.25. The van der Waals surface area contributed by atoms with Gasteiger partial charge in [-0.3, -0.25) is 4.68 Å². The molecule has 1 unspecified atom stereocenters. The van der Waals surface area contributed by atoms with Crippen LogP contribution in [0.3, 0.4) is 0 Å². The van der Waals surface area contributed by atoms with Crippen molar-refractivity contribution in [2.75, 3.05) is 0 Å². The molecule has 1 atom stereocenters. The summed E-state index contributed by atoms with van der Waals surface area (Å²) in [5, 5.41) is 8.33. The lowest BCUT2D eigenvalue weighted by molar-refractivity contribution is 0.624. The number of nitrogens with zero attached hydrogens (tertiary/aromatic N) is 3. The molecule has 1 aromatic heterocycles. The lowest BCUT2D eigenvalue weighted by atomic mass is 9.91. The first-order valence-corrected chi connectivity index (χ1v) is 6.68. The maximum Gasteiger partial charge on any atom is 0.0833 e. The minimum absolute atomic E-state index is 0.535. The Morgan fingerprint density at radius 3 is 2.44 bits per heavy atom. The van der Waals surface area contributed by atoms with Crippen LogP contribution in [0.4, 0.5) is 0 Å². The topological polar surface area (TPSA) is 30.7 Å². The molecule has 0 bridgehead atoms. The van der Waals surface area contributed by atoms with E-state index in [2.05, 4.69) is 61.5 Å². The molecular formula is C15H21N3. The highest BCUT2D eigenvalue weighted by atomic mass is 15.4. The molecule has 0 aliphatic heterocycles. The fourth-order valence-electron chi connectivity index (χ4n) is 2.18. The molecule has 0 aliphatic rings. The average molecular weight is 243 g/mol. The zero-order chi connectivity index (χ0) is 13.0. The van der Waals surface area contributed by atoms with Crippen LogP contribution in [0.25, 0.3) is 0 Å². The number of benzene rings is 1. The first-order valence-electron chi connectivity index (χ1n) is 6.68. The first-order chi connectivity index (χ1) is 8.72. The third kappa shape index (κ3) is 2.97. The molecule has 0 spiro atoms. The Morgan fingerprint density at radius 2 is 1.89 bits per heavy atom. The Morgan fingerprint density at radius 1 is 1.17 bits per heavy atom. The molecule has 1 aromatic carbocycles. The van der Waals surface area contributed by atoms with Crippen molar-refractivity contribution in [2.24, 2.45) is 0 Å². The van der Waals surface area contributed by atoms with Crippen molar-refractivity contribution in [1.29, 1.82) is 0 Å². The monoisotopic (exact) mass is 243 g/mol. The quantitative estimate of drug-likeness (QED) is 0.806. The van der Waals surface area contributed by atoms with Gasteiger partial charge in [-0.15, -0.1) is 5.10 Å². The molecule has 3 heteroatoms. The SMILES string of the molecule is CCC(Cc1cn(CC)nn1)c1ccc(C)cc1. The van der Waals surface area contributed by atoms with Crippen LogP contribution in [0.1, 0.15) is 43.0 Å². The van der Waals surface area contributed by atoms with Crippen molar-refractivity contribution in [3.63, 3.8) is 0 Å². The summed E-state index contributed by atoms with van der Waals surface area (Å²) in [5.74, 6) is 0.535. The molecule has 0 aliphatic carbocycles. The number of hydrogen-bond donors (Lipinski definition) is 0. The summed E-state index contributed by atoms with van der Waals surface area (Å²) < 4.78 is 1.89. The van der Waals surface area contributed by atoms with Gasteiger partial charge in [-0.1, -0.05) is 42.0 Å². The van der Waals surface area contributed by atoms with E-state index < -0.39 is 0 Å². The van der Waals surface area contributed by atoms with Gasteiger partial charge in [0.25, 0.3) is 0 Å². The third-order valence-corrected chi connectivity index (χ3v) is 3.41. The van der Waals surface area contributed by atoms with Gasteiger partial charge in [0.05, 0.1) is 5.69 Å². The van der Waals surface area contributed by atoms with E-state index in [0.717, 1.165) is 25.1 Å². The third-order valence-electron chi connectivity index (χ3n) is 3.41. The van der Waals surface area contributed by atoms with Gasteiger partial charge in [0.1, 0.15) is 0 Å². The number of hydrogen-bond acceptors (Lipinski definition) is 2. The van der Waals surface area contributed by atoms with Crippen LogP contribution in [-0.2, 0) is 13.0 Å². The zero-order valence-corrected chi connectivity index (χ0v) is 11.4. The Kier molecular flexibility index (Phi) is 4.13. The van der Waals surface area contributed by atoms with Gasteiger partial charge in [-0.25, -0.2) is 0 Å². The van der Waals surface area contributed by atoms with Crippen molar-refractivity contribution in [1.82, 2.24) is 15.0 Å². The summed E-state index contributed by atoms with van der Waals surface area (Å²) >= 11 is 0.